The third-order valence-corrected chi connectivity index (χ3v) is 5.65. The zero-order valence-electron chi connectivity index (χ0n) is 17.7. The smallest absolute Gasteiger partial charge is 0.133 e. The van der Waals surface area contributed by atoms with E-state index in [9.17, 15) is 4.39 Å². The second-order valence-corrected chi connectivity index (χ2v) is 7.67. The number of halogens is 5. The van der Waals surface area contributed by atoms with Crippen molar-refractivity contribution in [3.8, 4) is 11.1 Å². The number of aromatic nitrogens is 4. The van der Waals surface area contributed by atoms with Crippen LogP contribution < -0.4 is 5.32 Å². The lowest BCUT2D eigenvalue weighted by Crippen LogP contribution is -2.27. The van der Waals surface area contributed by atoms with Crippen LogP contribution in [-0.2, 0) is 0 Å². The summed E-state index contributed by atoms with van der Waals surface area (Å²) in [6.45, 7) is 5.90. The van der Waals surface area contributed by atoms with E-state index < -0.39 is 0 Å². The lowest BCUT2D eigenvalue weighted by atomic mass is 9.93. The zero-order valence-corrected chi connectivity index (χ0v) is 20.9. The lowest BCUT2D eigenvalue weighted by Gasteiger charge is -2.21. The minimum absolute atomic E-state index is 0. The van der Waals surface area contributed by atoms with E-state index in [-0.39, 0.29) is 55.4 Å². The van der Waals surface area contributed by atoms with E-state index in [0.717, 1.165) is 59.7 Å². The van der Waals surface area contributed by atoms with Crippen molar-refractivity contribution in [3.63, 3.8) is 0 Å². The SMILES string of the molecule is Cc1cn2cc(-c3cc(F)c4cc(C5CCNCC5)nnc4c3)cc2c(C)n1.Cl.Cl.Cl.Cl. The van der Waals surface area contributed by atoms with Gasteiger partial charge in [-0.3, -0.25) is 4.98 Å². The number of hydrogen-bond donors (Lipinski definition) is 1. The Morgan fingerprint density at radius 3 is 2.34 bits per heavy atom. The molecule has 4 aromatic rings. The molecule has 1 saturated heterocycles. The molecule has 0 unspecified atom stereocenters. The van der Waals surface area contributed by atoms with Crippen molar-refractivity contribution in [3.05, 3.63) is 59.6 Å². The molecule has 1 aromatic carbocycles. The van der Waals surface area contributed by atoms with E-state index in [2.05, 4.69) is 20.5 Å². The summed E-state index contributed by atoms with van der Waals surface area (Å²) < 4.78 is 17.0. The molecule has 0 aliphatic carbocycles. The van der Waals surface area contributed by atoms with E-state index in [1.165, 1.54) is 0 Å². The molecule has 0 amide bonds. The van der Waals surface area contributed by atoms with Gasteiger partial charge in [0, 0.05) is 29.3 Å². The van der Waals surface area contributed by atoms with Gasteiger partial charge < -0.3 is 9.72 Å². The highest BCUT2D eigenvalue weighted by atomic mass is 35.5. The van der Waals surface area contributed by atoms with Crippen molar-refractivity contribution < 1.29 is 4.39 Å². The average molecular weight is 521 g/mol. The highest BCUT2D eigenvalue weighted by molar-refractivity contribution is 5.86. The van der Waals surface area contributed by atoms with E-state index in [1.54, 1.807) is 6.07 Å². The lowest BCUT2D eigenvalue weighted by molar-refractivity contribution is 0.451. The Bertz CT molecular complexity index is 1210. The fourth-order valence-electron chi connectivity index (χ4n) is 4.19. The van der Waals surface area contributed by atoms with E-state index >= 15 is 0 Å². The van der Waals surface area contributed by atoms with Gasteiger partial charge in [-0.15, -0.1) is 49.6 Å². The predicted octanol–water partition coefficient (Wildman–Crippen LogP) is 5.85. The summed E-state index contributed by atoms with van der Waals surface area (Å²) in [7, 11) is 0. The van der Waals surface area contributed by atoms with E-state index in [1.807, 2.05) is 48.8 Å². The number of piperidine rings is 1. The van der Waals surface area contributed by atoms with Crippen LogP contribution in [0.15, 0.2) is 36.7 Å². The number of aryl methyl sites for hydroxylation is 2. The third kappa shape index (κ3) is 5.26. The first kappa shape index (κ1) is 28.3. The Morgan fingerprint density at radius 1 is 0.906 bits per heavy atom. The number of hydrogen-bond acceptors (Lipinski definition) is 4. The monoisotopic (exact) mass is 519 g/mol. The summed E-state index contributed by atoms with van der Waals surface area (Å²) in [5.74, 6) is 0.103. The molecule has 5 rings (SSSR count). The van der Waals surface area contributed by atoms with Crippen LogP contribution in [0.1, 0.15) is 35.8 Å². The Morgan fingerprint density at radius 2 is 1.62 bits per heavy atom. The van der Waals surface area contributed by atoms with Crippen LogP contribution in [0, 0.1) is 19.7 Å². The molecule has 4 heterocycles. The minimum atomic E-state index is -0.251. The molecule has 1 aliphatic rings. The number of rotatable bonds is 2. The first-order valence-corrected chi connectivity index (χ1v) is 9.72. The summed E-state index contributed by atoms with van der Waals surface area (Å²) >= 11 is 0. The molecule has 1 N–H and O–H groups in total. The van der Waals surface area contributed by atoms with Crippen LogP contribution in [0.25, 0.3) is 27.5 Å². The zero-order chi connectivity index (χ0) is 19.3. The number of benzene rings is 1. The van der Waals surface area contributed by atoms with Gasteiger partial charge in [-0.05, 0) is 69.6 Å². The van der Waals surface area contributed by atoms with Gasteiger partial charge in [-0.1, -0.05) is 0 Å². The molecule has 174 valence electrons. The largest absolute Gasteiger partial charge is 0.320 e. The molecule has 1 fully saturated rings. The Hall–Kier alpha value is -1.70. The fraction of sp³-hybridized carbons (Fsp3) is 0.318. The highest BCUT2D eigenvalue weighted by Gasteiger charge is 2.19. The second-order valence-electron chi connectivity index (χ2n) is 7.67. The molecule has 0 bridgehead atoms. The summed E-state index contributed by atoms with van der Waals surface area (Å²) in [6, 6.07) is 7.44. The van der Waals surface area contributed by atoms with Crippen LogP contribution in [0.2, 0.25) is 0 Å². The molecular weight excluding hydrogens is 495 g/mol. The maximum Gasteiger partial charge on any atom is 0.133 e. The molecule has 10 heteroatoms. The molecule has 3 aromatic heterocycles. The maximum atomic E-state index is 15.0. The Labute approximate surface area is 211 Å². The molecule has 5 nitrogen and oxygen atoms in total. The molecule has 0 radical (unpaired) electrons. The molecule has 1 aliphatic heterocycles. The standard InChI is InChI=1S/C22H22FN5.4ClH/c1-13-11-28-12-17(9-22(28)14(2)25-13)16-7-19(23)18-10-20(26-27-21(18)8-16)15-3-5-24-6-4-15;;;;/h7-12,15,24H,3-6H2,1-2H3;4*1H. The van der Waals surface area contributed by atoms with Gasteiger partial charge in [0.25, 0.3) is 0 Å². The van der Waals surface area contributed by atoms with Crippen molar-refractivity contribution in [2.45, 2.75) is 32.6 Å². The summed E-state index contributed by atoms with van der Waals surface area (Å²) in [6.07, 6.45) is 6.02. The quantitative estimate of drug-likeness (QED) is 0.360. The second kappa shape index (κ2) is 11.4. The maximum absolute atomic E-state index is 15.0. The van der Waals surface area contributed by atoms with Gasteiger partial charge in [0.2, 0.25) is 0 Å². The van der Waals surface area contributed by atoms with Crippen molar-refractivity contribution >= 4 is 66.0 Å². The van der Waals surface area contributed by atoms with Crippen molar-refractivity contribution in [2.75, 3.05) is 13.1 Å². The fourth-order valence-corrected chi connectivity index (χ4v) is 4.19. The first-order valence-electron chi connectivity index (χ1n) is 9.72. The molecule has 0 spiro atoms. The topological polar surface area (TPSA) is 55.1 Å². The summed E-state index contributed by atoms with van der Waals surface area (Å²) in [4.78, 5) is 4.51. The third-order valence-electron chi connectivity index (χ3n) is 5.65. The van der Waals surface area contributed by atoms with Gasteiger partial charge in [0.15, 0.2) is 0 Å². The summed E-state index contributed by atoms with van der Waals surface area (Å²) in [5, 5.41) is 12.7. The van der Waals surface area contributed by atoms with Crippen LogP contribution >= 0.6 is 49.6 Å². The van der Waals surface area contributed by atoms with Crippen LogP contribution in [0.4, 0.5) is 4.39 Å². The number of fused-ring (bicyclic) bond motifs is 2. The van der Waals surface area contributed by atoms with Crippen molar-refractivity contribution in [2.24, 2.45) is 0 Å². The molecule has 32 heavy (non-hydrogen) atoms. The molecule has 0 saturated carbocycles. The predicted molar refractivity (Wildman–Crippen MR) is 137 cm³/mol. The van der Waals surface area contributed by atoms with Crippen molar-refractivity contribution in [1.29, 1.82) is 0 Å². The van der Waals surface area contributed by atoms with Gasteiger partial charge in [-0.25, -0.2) is 4.39 Å². The number of nitrogens with one attached hydrogen (secondary N) is 1. The first-order chi connectivity index (χ1) is 13.6. The van der Waals surface area contributed by atoms with E-state index in [0.29, 0.717) is 16.8 Å². The van der Waals surface area contributed by atoms with Crippen molar-refractivity contribution in [1.82, 2.24) is 24.9 Å². The van der Waals surface area contributed by atoms with E-state index in [4.69, 9.17) is 0 Å². The van der Waals surface area contributed by atoms with Gasteiger partial charge in [-0.2, -0.15) is 10.2 Å². The van der Waals surface area contributed by atoms with Gasteiger partial charge in [0.1, 0.15) is 5.82 Å². The van der Waals surface area contributed by atoms with Gasteiger partial charge in [0.05, 0.1) is 28.1 Å². The summed E-state index contributed by atoms with van der Waals surface area (Å²) in [5.41, 5.74) is 6.16. The minimum Gasteiger partial charge on any atom is -0.320 e. The Balaban J connectivity index is 0.00000128. The van der Waals surface area contributed by atoms with Crippen LogP contribution in [0.5, 0.6) is 0 Å². The average Bonchev–Trinajstić information content (AvgIpc) is 3.13. The van der Waals surface area contributed by atoms with Crippen LogP contribution in [0.3, 0.4) is 0 Å². The van der Waals surface area contributed by atoms with Gasteiger partial charge >= 0.3 is 0 Å². The normalized spacial score (nSPS) is 13.6. The highest BCUT2D eigenvalue weighted by Crippen LogP contribution is 2.31. The Kier molecular flexibility index (Phi) is 10.1. The van der Waals surface area contributed by atoms with Crippen LogP contribution in [-0.4, -0.2) is 32.7 Å². The molecule has 0 atom stereocenters. The number of nitrogens with zero attached hydrogens (tertiary/aromatic N) is 4. The molecular formula is C22H26Cl4FN5.